The lowest BCUT2D eigenvalue weighted by atomic mass is 9.63. The van der Waals surface area contributed by atoms with Gasteiger partial charge in [0, 0.05) is 0 Å². The molecule has 25 heavy (non-hydrogen) atoms. The van der Waals surface area contributed by atoms with Crippen LogP contribution in [0.4, 0.5) is 0 Å². The maximum absolute atomic E-state index is 12.0. The monoisotopic (exact) mass is 346 g/mol. The van der Waals surface area contributed by atoms with Gasteiger partial charge >= 0.3 is 5.97 Å². The molecule has 0 saturated heterocycles. The molecular formula is C22H34O3. The summed E-state index contributed by atoms with van der Waals surface area (Å²) in [6, 6.07) is 4.11. The Labute approximate surface area is 152 Å². The average Bonchev–Trinajstić information content (AvgIpc) is 2.45. The quantitative estimate of drug-likeness (QED) is 0.718. The highest BCUT2D eigenvalue weighted by molar-refractivity contribution is 5.76. The Kier molecular flexibility index (Phi) is 5.02. The van der Waals surface area contributed by atoms with Crippen LogP contribution in [0.3, 0.4) is 0 Å². The van der Waals surface area contributed by atoms with Crippen molar-refractivity contribution in [2.24, 2.45) is 5.41 Å². The molecule has 1 aliphatic rings. The zero-order chi connectivity index (χ0) is 19.2. The Morgan fingerprint density at radius 2 is 1.52 bits per heavy atom. The number of phenols is 1. The van der Waals surface area contributed by atoms with Crippen LogP contribution in [0.25, 0.3) is 0 Å². The molecule has 2 rings (SSSR count). The van der Waals surface area contributed by atoms with Crippen molar-refractivity contribution in [3.63, 3.8) is 0 Å². The molecule has 2 N–H and O–H groups in total. The molecule has 2 unspecified atom stereocenters. The maximum Gasteiger partial charge on any atom is 0.309 e. The van der Waals surface area contributed by atoms with Gasteiger partial charge in [-0.05, 0) is 53.2 Å². The van der Waals surface area contributed by atoms with Gasteiger partial charge in [-0.1, -0.05) is 66.5 Å². The zero-order valence-electron chi connectivity index (χ0n) is 16.9. The first-order valence-electron chi connectivity index (χ1n) is 9.40. The van der Waals surface area contributed by atoms with Crippen molar-refractivity contribution in [3.05, 3.63) is 28.8 Å². The van der Waals surface area contributed by atoms with Gasteiger partial charge in [0.25, 0.3) is 0 Å². The first kappa shape index (κ1) is 19.8. The average molecular weight is 347 g/mol. The highest BCUT2D eigenvalue weighted by atomic mass is 16.4. The molecule has 0 spiro atoms. The van der Waals surface area contributed by atoms with E-state index in [1.165, 1.54) is 0 Å². The highest BCUT2D eigenvalue weighted by Crippen LogP contribution is 2.50. The Morgan fingerprint density at radius 1 is 1.04 bits per heavy atom. The topological polar surface area (TPSA) is 57.5 Å². The summed E-state index contributed by atoms with van der Waals surface area (Å²) in [6.07, 6.45) is 3.63. The third kappa shape index (κ3) is 3.70. The van der Waals surface area contributed by atoms with Crippen LogP contribution < -0.4 is 0 Å². The van der Waals surface area contributed by atoms with Crippen LogP contribution in [-0.4, -0.2) is 16.2 Å². The summed E-state index contributed by atoms with van der Waals surface area (Å²) in [5, 5.41) is 20.8. The fraction of sp³-hybridized carbons (Fsp3) is 0.682. The van der Waals surface area contributed by atoms with E-state index < -0.39 is 11.4 Å². The largest absolute Gasteiger partial charge is 0.507 e. The Balaban J connectivity index is 2.71. The van der Waals surface area contributed by atoms with E-state index >= 15 is 0 Å². The number of carboxylic acids is 1. The minimum Gasteiger partial charge on any atom is -0.507 e. The second kappa shape index (κ2) is 6.34. The molecule has 1 fully saturated rings. The van der Waals surface area contributed by atoms with E-state index in [1.807, 2.05) is 6.92 Å². The predicted molar refractivity (Wildman–Crippen MR) is 102 cm³/mol. The number of rotatable bonds is 2. The summed E-state index contributed by atoms with van der Waals surface area (Å²) in [7, 11) is 0. The summed E-state index contributed by atoms with van der Waals surface area (Å²) in [5.74, 6) is -0.363. The van der Waals surface area contributed by atoms with Crippen LogP contribution >= 0.6 is 0 Å². The molecule has 0 aromatic heterocycles. The molecule has 0 radical (unpaired) electrons. The van der Waals surface area contributed by atoms with Crippen molar-refractivity contribution in [3.8, 4) is 5.75 Å². The molecule has 1 aromatic carbocycles. The summed E-state index contributed by atoms with van der Waals surface area (Å²) in [4.78, 5) is 12.0. The molecular weight excluding hydrogens is 312 g/mol. The second-order valence-electron chi connectivity index (χ2n) is 9.99. The summed E-state index contributed by atoms with van der Waals surface area (Å²) >= 11 is 0. The first-order chi connectivity index (χ1) is 11.3. The molecule has 1 aliphatic carbocycles. The molecule has 3 nitrogen and oxygen atoms in total. The standard InChI is InChI=1S/C22H34O3/c1-20(2,3)16-12-14(13-17(18(16)23)21(4,5)6)15-10-8-9-11-22(15,7)19(24)25/h12-13,15,23H,8-11H2,1-7H3,(H,24,25). The van der Waals surface area contributed by atoms with E-state index in [1.54, 1.807) is 0 Å². The van der Waals surface area contributed by atoms with Crippen molar-refractivity contribution < 1.29 is 15.0 Å². The number of carbonyl (C=O) groups is 1. The number of hydrogen-bond acceptors (Lipinski definition) is 2. The van der Waals surface area contributed by atoms with Crippen LogP contribution in [0.1, 0.15) is 96.8 Å². The van der Waals surface area contributed by atoms with Crippen LogP contribution in [0, 0.1) is 5.41 Å². The van der Waals surface area contributed by atoms with Crippen molar-refractivity contribution in [1.29, 1.82) is 0 Å². The number of carboxylic acid groups (broad SMARTS) is 1. The molecule has 2 atom stereocenters. The fourth-order valence-electron chi connectivity index (χ4n) is 4.13. The fourth-order valence-corrected chi connectivity index (χ4v) is 4.13. The third-order valence-electron chi connectivity index (χ3n) is 5.85. The van der Waals surface area contributed by atoms with Crippen LogP contribution in [0.5, 0.6) is 5.75 Å². The van der Waals surface area contributed by atoms with Gasteiger partial charge in [-0.15, -0.1) is 0 Å². The van der Waals surface area contributed by atoms with E-state index in [2.05, 4.69) is 53.7 Å². The van der Waals surface area contributed by atoms with E-state index in [0.29, 0.717) is 12.2 Å². The van der Waals surface area contributed by atoms with E-state index in [-0.39, 0.29) is 16.7 Å². The maximum atomic E-state index is 12.0. The summed E-state index contributed by atoms with van der Waals surface area (Å²) < 4.78 is 0. The van der Waals surface area contributed by atoms with Crippen molar-refractivity contribution in [2.45, 2.75) is 90.9 Å². The first-order valence-corrected chi connectivity index (χ1v) is 9.40. The number of aliphatic carboxylic acids is 1. The van der Waals surface area contributed by atoms with Crippen LogP contribution in [0.2, 0.25) is 0 Å². The van der Waals surface area contributed by atoms with Gasteiger partial charge in [0.15, 0.2) is 0 Å². The van der Waals surface area contributed by atoms with Crippen LogP contribution in [0.15, 0.2) is 12.1 Å². The molecule has 3 heteroatoms. The Morgan fingerprint density at radius 3 is 1.92 bits per heavy atom. The van der Waals surface area contributed by atoms with Gasteiger partial charge in [0.05, 0.1) is 5.41 Å². The molecule has 0 heterocycles. The summed E-state index contributed by atoms with van der Waals surface area (Å²) in [6.45, 7) is 14.4. The van der Waals surface area contributed by atoms with Gasteiger partial charge in [0.1, 0.15) is 5.75 Å². The molecule has 0 amide bonds. The predicted octanol–water partition coefficient (Wildman–Crippen LogP) is 5.74. The molecule has 140 valence electrons. The lowest BCUT2D eigenvalue weighted by Crippen LogP contribution is -2.37. The van der Waals surface area contributed by atoms with Crippen LogP contribution in [-0.2, 0) is 15.6 Å². The molecule has 1 saturated carbocycles. The highest BCUT2D eigenvalue weighted by Gasteiger charge is 2.44. The second-order valence-corrected chi connectivity index (χ2v) is 9.99. The molecule has 0 bridgehead atoms. The lowest BCUT2D eigenvalue weighted by Gasteiger charge is -2.39. The SMILES string of the molecule is CC(C)(C)c1cc(C2CCCCC2(C)C(=O)O)cc(C(C)(C)C)c1O. The van der Waals surface area contributed by atoms with Crippen molar-refractivity contribution >= 4 is 5.97 Å². The number of phenolic OH excluding ortho intramolecular Hbond substituents is 1. The molecule has 1 aromatic rings. The zero-order valence-corrected chi connectivity index (χ0v) is 16.9. The van der Waals surface area contributed by atoms with Gasteiger partial charge in [-0.3, -0.25) is 4.79 Å². The van der Waals surface area contributed by atoms with E-state index in [9.17, 15) is 15.0 Å². The Hall–Kier alpha value is -1.51. The molecule has 0 aliphatic heterocycles. The number of benzene rings is 1. The third-order valence-corrected chi connectivity index (χ3v) is 5.85. The smallest absolute Gasteiger partial charge is 0.309 e. The minimum absolute atomic E-state index is 0.0125. The number of aromatic hydroxyl groups is 1. The van der Waals surface area contributed by atoms with E-state index in [4.69, 9.17) is 0 Å². The normalized spacial score (nSPS) is 25.0. The number of hydrogen-bond donors (Lipinski definition) is 2. The van der Waals surface area contributed by atoms with Crippen molar-refractivity contribution in [1.82, 2.24) is 0 Å². The minimum atomic E-state index is -0.737. The van der Waals surface area contributed by atoms with E-state index in [0.717, 1.165) is 36.0 Å². The van der Waals surface area contributed by atoms with Gasteiger partial charge in [-0.2, -0.15) is 0 Å². The summed E-state index contributed by atoms with van der Waals surface area (Å²) in [5.41, 5.74) is 1.75. The van der Waals surface area contributed by atoms with Gasteiger partial charge in [0.2, 0.25) is 0 Å². The van der Waals surface area contributed by atoms with Gasteiger partial charge < -0.3 is 10.2 Å². The Bertz CT molecular complexity index is 626. The van der Waals surface area contributed by atoms with Gasteiger partial charge in [-0.25, -0.2) is 0 Å². The lowest BCUT2D eigenvalue weighted by molar-refractivity contribution is -0.151. The van der Waals surface area contributed by atoms with Crippen molar-refractivity contribution in [2.75, 3.05) is 0 Å².